The number of carbonyl (C=O) groups excluding carboxylic acids is 1. The first-order valence-corrected chi connectivity index (χ1v) is 5.88. The molecule has 3 N–H and O–H groups in total. The first-order valence-electron chi connectivity index (χ1n) is 5.88. The maximum absolute atomic E-state index is 11.3. The number of hydrogen-bond acceptors (Lipinski definition) is 3. The summed E-state index contributed by atoms with van der Waals surface area (Å²) in [7, 11) is 0. The third-order valence-corrected chi connectivity index (χ3v) is 2.21. The Morgan fingerprint density at radius 3 is 2.82 bits per heavy atom. The largest absolute Gasteiger partial charge is 0.494 e. The van der Waals surface area contributed by atoms with Crippen molar-refractivity contribution in [2.45, 2.75) is 19.3 Å². The van der Waals surface area contributed by atoms with Crippen LogP contribution in [0.2, 0.25) is 0 Å². The van der Waals surface area contributed by atoms with Crippen molar-refractivity contribution in [3.05, 3.63) is 30.3 Å². The second kappa shape index (κ2) is 8.58. The Kier molecular flexibility index (Phi) is 6.82. The lowest BCUT2D eigenvalue weighted by molar-refractivity contribution is -0.121. The molecular weight excluding hydrogens is 216 g/mol. The van der Waals surface area contributed by atoms with Crippen molar-refractivity contribution in [1.29, 1.82) is 0 Å². The van der Waals surface area contributed by atoms with Gasteiger partial charge in [-0.05, 0) is 37.6 Å². The van der Waals surface area contributed by atoms with Crippen molar-refractivity contribution in [1.82, 2.24) is 5.32 Å². The topological polar surface area (TPSA) is 64.3 Å². The molecular formula is C13H19N2O2. The normalized spacial score (nSPS) is 9.94. The molecule has 93 valence electrons. The van der Waals surface area contributed by atoms with E-state index in [1.165, 1.54) is 0 Å². The van der Waals surface area contributed by atoms with Gasteiger partial charge in [-0.25, -0.2) is 0 Å². The van der Waals surface area contributed by atoms with E-state index in [1.54, 1.807) is 12.1 Å². The lowest BCUT2D eigenvalue weighted by atomic mass is 10.3. The minimum Gasteiger partial charge on any atom is -0.494 e. The number of hydrogen-bond donors (Lipinski definition) is 2. The van der Waals surface area contributed by atoms with Crippen LogP contribution in [0.5, 0.6) is 5.75 Å². The number of ether oxygens (including phenoxy) is 1. The molecule has 0 saturated carbocycles. The smallest absolute Gasteiger partial charge is 0.220 e. The molecule has 1 rings (SSSR count). The van der Waals surface area contributed by atoms with Crippen LogP contribution in [0.25, 0.3) is 0 Å². The summed E-state index contributed by atoms with van der Waals surface area (Å²) < 4.78 is 5.46. The van der Waals surface area contributed by atoms with Crippen LogP contribution in [-0.2, 0) is 4.79 Å². The van der Waals surface area contributed by atoms with E-state index in [9.17, 15) is 4.79 Å². The molecule has 0 aliphatic heterocycles. The molecule has 0 aliphatic carbocycles. The highest BCUT2D eigenvalue weighted by Crippen LogP contribution is 2.08. The Balaban J connectivity index is 2.02. The summed E-state index contributed by atoms with van der Waals surface area (Å²) in [5, 5.41) is 2.80. The number of benzene rings is 1. The lowest BCUT2D eigenvalue weighted by Crippen LogP contribution is -2.26. The second-order valence-corrected chi connectivity index (χ2v) is 3.68. The molecule has 0 fully saturated rings. The molecule has 4 heteroatoms. The zero-order valence-corrected chi connectivity index (χ0v) is 9.95. The van der Waals surface area contributed by atoms with E-state index in [1.807, 2.05) is 12.1 Å². The van der Waals surface area contributed by atoms with Crippen LogP contribution in [0.15, 0.2) is 24.3 Å². The summed E-state index contributed by atoms with van der Waals surface area (Å²) in [6, 6.07) is 10.2. The number of nitrogens with two attached hydrogens (primary N) is 1. The van der Waals surface area contributed by atoms with E-state index >= 15 is 0 Å². The van der Waals surface area contributed by atoms with E-state index in [-0.39, 0.29) is 5.91 Å². The molecule has 4 nitrogen and oxygen atoms in total. The molecule has 0 atom stereocenters. The molecule has 0 spiro atoms. The van der Waals surface area contributed by atoms with Crippen molar-refractivity contribution in [2.75, 3.05) is 19.7 Å². The number of rotatable bonds is 8. The van der Waals surface area contributed by atoms with Crippen molar-refractivity contribution < 1.29 is 9.53 Å². The molecule has 1 aromatic carbocycles. The molecule has 1 amide bonds. The minimum atomic E-state index is 0.0587. The maximum atomic E-state index is 11.3. The number of nitrogens with one attached hydrogen (secondary N) is 1. The Morgan fingerprint density at radius 1 is 1.35 bits per heavy atom. The Hall–Kier alpha value is -1.55. The number of amides is 1. The summed E-state index contributed by atoms with van der Waals surface area (Å²) in [4.78, 5) is 11.3. The summed E-state index contributed by atoms with van der Waals surface area (Å²) in [6.45, 7) is 1.81. The minimum absolute atomic E-state index is 0.0587. The van der Waals surface area contributed by atoms with Gasteiger partial charge >= 0.3 is 0 Å². The predicted molar refractivity (Wildman–Crippen MR) is 66.7 cm³/mol. The fourth-order valence-corrected chi connectivity index (χ4v) is 1.31. The Bertz CT molecular complexity index is 314. The summed E-state index contributed by atoms with van der Waals surface area (Å²) in [5.74, 6) is 0.871. The van der Waals surface area contributed by atoms with Gasteiger partial charge in [0.15, 0.2) is 0 Å². The van der Waals surface area contributed by atoms with Crippen LogP contribution < -0.4 is 15.8 Å². The fourth-order valence-electron chi connectivity index (χ4n) is 1.31. The molecule has 0 aromatic heterocycles. The predicted octanol–water partition coefficient (Wildman–Crippen LogP) is 1.11. The van der Waals surface area contributed by atoms with Crippen LogP contribution in [0.1, 0.15) is 19.3 Å². The zero-order chi connectivity index (χ0) is 12.3. The lowest BCUT2D eigenvalue weighted by Gasteiger charge is -2.06. The third kappa shape index (κ3) is 6.58. The SMILES string of the molecule is NCCCNC(=O)CCCOc1cc[c]cc1. The van der Waals surface area contributed by atoms with Gasteiger partial charge in [0, 0.05) is 13.0 Å². The van der Waals surface area contributed by atoms with Crippen LogP contribution >= 0.6 is 0 Å². The quantitative estimate of drug-likeness (QED) is 0.663. The fraction of sp³-hybridized carbons (Fsp3) is 0.462. The molecule has 0 bridgehead atoms. The van der Waals surface area contributed by atoms with Crippen molar-refractivity contribution in [3.63, 3.8) is 0 Å². The highest BCUT2D eigenvalue weighted by molar-refractivity contribution is 5.75. The van der Waals surface area contributed by atoms with Crippen LogP contribution in [0.3, 0.4) is 0 Å². The average Bonchev–Trinajstić information content (AvgIpc) is 2.36. The highest BCUT2D eigenvalue weighted by Gasteiger charge is 2.00. The van der Waals surface area contributed by atoms with E-state index < -0.39 is 0 Å². The highest BCUT2D eigenvalue weighted by atomic mass is 16.5. The van der Waals surface area contributed by atoms with Gasteiger partial charge in [-0.3, -0.25) is 4.79 Å². The van der Waals surface area contributed by atoms with E-state index in [0.29, 0.717) is 32.5 Å². The zero-order valence-electron chi connectivity index (χ0n) is 9.95. The summed E-state index contributed by atoms with van der Waals surface area (Å²) in [5.41, 5.74) is 5.33. The summed E-state index contributed by atoms with van der Waals surface area (Å²) in [6.07, 6.45) is 2.03. The first kappa shape index (κ1) is 13.5. The van der Waals surface area contributed by atoms with Crippen molar-refractivity contribution >= 4 is 5.91 Å². The third-order valence-electron chi connectivity index (χ3n) is 2.21. The van der Waals surface area contributed by atoms with Crippen LogP contribution in [0, 0.1) is 6.07 Å². The second-order valence-electron chi connectivity index (χ2n) is 3.68. The van der Waals surface area contributed by atoms with Gasteiger partial charge in [-0.2, -0.15) is 0 Å². The van der Waals surface area contributed by atoms with Gasteiger partial charge in [0.05, 0.1) is 6.61 Å². The van der Waals surface area contributed by atoms with Crippen LogP contribution in [-0.4, -0.2) is 25.6 Å². The van der Waals surface area contributed by atoms with Crippen molar-refractivity contribution in [2.24, 2.45) is 5.73 Å². The van der Waals surface area contributed by atoms with Gasteiger partial charge in [-0.1, -0.05) is 12.1 Å². The molecule has 0 saturated heterocycles. The van der Waals surface area contributed by atoms with Crippen LogP contribution in [0.4, 0.5) is 0 Å². The average molecular weight is 235 g/mol. The molecule has 1 aromatic rings. The van der Waals surface area contributed by atoms with E-state index in [2.05, 4.69) is 11.4 Å². The molecule has 17 heavy (non-hydrogen) atoms. The Labute approximate surface area is 102 Å². The Morgan fingerprint density at radius 2 is 2.12 bits per heavy atom. The molecule has 0 unspecified atom stereocenters. The van der Waals surface area contributed by atoms with Gasteiger partial charge in [0.2, 0.25) is 5.91 Å². The maximum Gasteiger partial charge on any atom is 0.220 e. The molecule has 0 heterocycles. The van der Waals surface area contributed by atoms with Gasteiger partial charge in [0.1, 0.15) is 5.75 Å². The van der Waals surface area contributed by atoms with E-state index in [0.717, 1.165) is 12.2 Å². The molecule has 1 radical (unpaired) electrons. The standard InChI is InChI=1S/C13H19N2O2/c14-9-5-10-15-13(16)8-4-11-17-12-6-2-1-3-7-12/h2-3,6-7H,4-5,8-11,14H2,(H,15,16). The summed E-state index contributed by atoms with van der Waals surface area (Å²) >= 11 is 0. The van der Waals surface area contributed by atoms with Gasteiger partial charge < -0.3 is 15.8 Å². The van der Waals surface area contributed by atoms with Gasteiger partial charge in [-0.15, -0.1) is 0 Å². The number of carbonyl (C=O) groups is 1. The first-order chi connectivity index (χ1) is 8.33. The van der Waals surface area contributed by atoms with E-state index in [4.69, 9.17) is 10.5 Å². The van der Waals surface area contributed by atoms with Gasteiger partial charge in [0.25, 0.3) is 0 Å². The molecule has 0 aliphatic rings. The van der Waals surface area contributed by atoms with Crippen molar-refractivity contribution in [3.8, 4) is 5.75 Å². The monoisotopic (exact) mass is 235 g/mol.